The van der Waals surface area contributed by atoms with Crippen molar-refractivity contribution in [1.82, 2.24) is 0 Å². The van der Waals surface area contributed by atoms with Crippen LogP contribution in [0.1, 0.15) is 11.1 Å². The summed E-state index contributed by atoms with van der Waals surface area (Å²) in [6.45, 7) is 0. The molecule has 0 atom stereocenters. The lowest BCUT2D eigenvalue weighted by molar-refractivity contribution is -0.385. The number of halogens is 1. The van der Waals surface area contributed by atoms with Crippen LogP contribution in [0, 0.1) is 27.3 Å². The van der Waals surface area contributed by atoms with Crippen LogP contribution in [-0.4, -0.2) is 4.92 Å². The Morgan fingerprint density at radius 1 is 1.28 bits per heavy atom. The molecule has 0 radical (unpaired) electrons. The van der Waals surface area contributed by atoms with Crippen molar-refractivity contribution in [2.45, 2.75) is 0 Å². The van der Waals surface area contributed by atoms with E-state index in [9.17, 15) is 24.6 Å². The summed E-state index contributed by atoms with van der Waals surface area (Å²) in [7, 11) is 0. The standard InChI is InChI=1S/C18H9FN2O4/c19-13-5-6-17-15(8-13)18(22)12(10-25-17)7-11(9-20)14-3-1-2-4-16(14)21(23)24/h1-8,10H/b11-7+. The normalized spacial score (nSPS) is 11.3. The topological polar surface area (TPSA) is 97.1 Å². The van der Waals surface area contributed by atoms with Crippen molar-refractivity contribution in [3.8, 4) is 6.07 Å². The van der Waals surface area contributed by atoms with Gasteiger partial charge in [0.15, 0.2) is 5.43 Å². The fourth-order valence-corrected chi connectivity index (χ4v) is 2.40. The van der Waals surface area contributed by atoms with Crippen LogP contribution in [-0.2, 0) is 0 Å². The van der Waals surface area contributed by atoms with Crippen LogP contribution in [0.25, 0.3) is 22.6 Å². The Morgan fingerprint density at radius 2 is 2.04 bits per heavy atom. The molecule has 2 aromatic carbocycles. The Hall–Kier alpha value is -3.79. The van der Waals surface area contributed by atoms with E-state index in [1.807, 2.05) is 6.07 Å². The second kappa shape index (κ2) is 6.37. The molecule has 7 heteroatoms. The molecule has 0 amide bonds. The van der Waals surface area contributed by atoms with Crippen LogP contribution in [0.2, 0.25) is 0 Å². The summed E-state index contributed by atoms with van der Waals surface area (Å²) in [6.07, 6.45) is 2.33. The minimum Gasteiger partial charge on any atom is -0.463 e. The van der Waals surface area contributed by atoms with Crippen molar-refractivity contribution in [2.75, 3.05) is 0 Å². The summed E-state index contributed by atoms with van der Waals surface area (Å²) >= 11 is 0. The number of hydrogen-bond acceptors (Lipinski definition) is 5. The molecule has 3 rings (SSSR count). The van der Waals surface area contributed by atoms with Crippen LogP contribution in [0.5, 0.6) is 0 Å². The summed E-state index contributed by atoms with van der Waals surface area (Å²) in [6, 6.07) is 11.1. The average Bonchev–Trinajstić information content (AvgIpc) is 2.61. The Labute approximate surface area is 140 Å². The van der Waals surface area contributed by atoms with Gasteiger partial charge in [-0.05, 0) is 30.3 Å². The second-order valence-electron chi connectivity index (χ2n) is 5.10. The molecule has 25 heavy (non-hydrogen) atoms. The molecule has 0 aliphatic heterocycles. The fraction of sp³-hybridized carbons (Fsp3) is 0. The molecule has 1 aromatic heterocycles. The Kier molecular flexibility index (Phi) is 4.10. The van der Waals surface area contributed by atoms with E-state index in [0.717, 1.165) is 18.4 Å². The van der Waals surface area contributed by atoms with Crippen molar-refractivity contribution >= 4 is 28.3 Å². The fourth-order valence-electron chi connectivity index (χ4n) is 2.40. The van der Waals surface area contributed by atoms with E-state index in [4.69, 9.17) is 4.42 Å². The number of hydrogen-bond donors (Lipinski definition) is 0. The van der Waals surface area contributed by atoms with Gasteiger partial charge in [-0.3, -0.25) is 14.9 Å². The number of benzene rings is 2. The molecule has 0 saturated heterocycles. The third-order valence-corrected chi connectivity index (χ3v) is 3.57. The number of nitro benzene ring substituents is 1. The van der Waals surface area contributed by atoms with E-state index >= 15 is 0 Å². The summed E-state index contributed by atoms with van der Waals surface area (Å²) in [5, 5.41) is 20.5. The lowest BCUT2D eigenvalue weighted by Crippen LogP contribution is -2.05. The maximum absolute atomic E-state index is 13.4. The Bertz CT molecular complexity index is 1130. The maximum Gasteiger partial charge on any atom is 0.277 e. The predicted molar refractivity (Wildman–Crippen MR) is 89.0 cm³/mol. The minimum absolute atomic E-state index is 0.00667. The van der Waals surface area contributed by atoms with E-state index in [0.29, 0.717) is 0 Å². The largest absolute Gasteiger partial charge is 0.463 e. The molecule has 122 valence electrons. The number of nitrogens with zero attached hydrogens (tertiary/aromatic N) is 2. The molecule has 3 aromatic rings. The van der Waals surface area contributed by atoms with Crippen molar-refractivity contribution in [3.05, 3.63) is 86.0 Å². The van der Waals surface area contributed by atoms with Gasteiger partial charge in [-0.1, -0.05) is 12.1 Å². The van der Waals surface area contributed by atoms with Gasteiger partial charge in [0.05, 0.1) is 27.0 Å². The monoisotopic (exact) mass is 336 g/mol. The third kappa shape index (κ3) is 3.01. The number of nitro groups is 1. The van der Waals surface area contributed by atoms with Gasteiger partial charge in [-0.2, -0.15) is 5.26 Å². The zero-order chi connectivity index (χ0) is 18.0. The molecule has 0 unspecified atom stereocenters. The van der Waals surface area contributed by atoms with Crippen LogP contribution in [0.15, 0.2) is 57.9 Å². The first-order valence-corrected chi connectivity index (χ1v) is 7.08. The number of rotatable bonds is 3. The zero-order valence-corrected chi connectivity index (χ0v) is 12.6. The Balaban J connectivity index is 2.21. The summed E-state index contributed by atoms with van der Waals surface area (Å²) in [4.78, 5) is 23.0. The highest BCUT2D eigenvalue weighted by Crippen LogP contribution is 2.26. The molecular weight excluding hydrogens is 327 g/mol. The molecule has 0 fully saturated rings. The van der Waals surface area contributed by atoms with Crippen LogP contribution < -0.4 is 5.43 Å². The highest BCUT2D eigenvalue weighted by Gasteiger charge is 2.17. The summed E-state index contributed by atoms with van der Waals surface area (Å²) in [5.41, 5.74) is -0.594. The highest BCUT2D eigenvalue weighted by atomic mass is 19.1. The van der Waals surface area contributed by atoms with E-state index in [-0.39, 0.29) is 33.4 Å². The quantitative estimate of drug-likeness (QED) is 0.410. The van der Waals surface area contributed by atoms with Gasteiger partial charge in [0.2, 0.25) is 0 Å². The maximum atomic E-state index is 13.4. The van der Waals surface area contributed by atoms with Gasteiger partial charge in [0, 0.05) is 6.07 Å². The second-order valence-corrected chi connectivity index (χ2v) is 5.10. The zero-order valence-electron chi connectivity index (χ0n) is 12.6. The number of nitriles is 1. The van der Waals surface area contributed by atoms with Gasteiger partial charge in [-0.15, -0.1) is 0 Å². The molecule has 0 aliphatic rings. The van der Waals surface area contributed by atoms with Crippen LogP contribution >= 0.6 is 0 Å². The molecule has 0 saturated carbocycles. The molecule has 0 N–H and O–H groups in total. The number of para-hydroxylation sites is 1. The van der Waals surface area contributed by atoms with Crippen molar-refractivity contribution < 1.29 is 13.7 Å². The molecule has 0 aliphatic carbocycles. The molecule has 0 spiro atoms. The number of allylic oxidation sites excluding steroid dienone is 1. The van der Waals surface area contributed by atoms with Gasteiger partial charge >= 0.3 is 0 Å². The summed E-state index contributed by atoms with van der Waals surface area (Å²) < 4.78 is 18.6. The van der Waals surface area contributed by atoms with Crippen molar-refractivity contribution in [2.24, 2.45) is 0 Å². The molecule has 1 heterocycles. The van der Waals surface area contributed by atoms with Crippen molar-refractivity contribution in [3.63, 3.8) is 0 Å². The van der Waals surface area contributed by atoms with Crippen LogP contribution in [0.3, 0.4) is 0 Å². The summed E-state index contributed by atoms with van der Waals surface area (Å²) in [5.74, 6) is -0.597. The smallest absolute Gasteiger partial charge is 0.277 e. The first-order chi connectivity index (χ1) is 12.0. The molecule has 0 bridgehead atoms. The molecule has 6 nitrogen and oxygen atoms in total. The van der Waals surface area contributed by atoms with Gasteiger partial charge in [0.25, 0.3) is 5.69 Å². The van der Waals surface area contributed by atoms with Crippen LogP contribution in [0.4, 0.5) is 10.1 Å². The van der Waals surface area contributed by atoms with Gasteiger partial charge in [-0.25, -0.2) is 4.39 Å². The Morgan fingerprint density at radius 3 is 2.76 bits per heavy atom. The van der Waals surface area contributed by atoms with Crippen molar-refractivity contribution in [1.29, 1.82) is 5.26 Å². The minimum atomic E-state index is -0.612. The van der Waals surface area contributed by atoms with E-state index in [1.165, 1.54) is 30.3 Å². The van der Waals surface area contributed by atoms with E-state index in [1.54, 1.807) is 6.07 Å². The first-order valence-electron chi connectivity index (χ1n) is 7.08. The van der Waals surface area contributed by atoms with Gasteiger partial charge in [0.1, 0.15) is 23.7 Å². The third-order valence-electron chi connectivity index (χ3n) is 3.57. The van der Waals surface area contributed by atoms with E-state index in [2.05, 4.69) is 0 Å². The number of fused-ring (bicyclic) bond motifs is 1. The highest BCUT2D eigenvalue weighted by molar-refractivity contribution is 5.93. The average molecular weight is 336 g/mol. The lowest BCUT2D eigenvalue weighted by Gasteiger charge is -2.02. The molecular formula is C18H9FN2O4. The van der Waals surface area contributed by atoms with E-state index < -0.39 is 16.2 Å². The SMILES string of the molecule is N#C/C(=C\c1coc2ccc(F)cc2c1=O)c1ccccc1[N+](=O)[O-]. The van der Waals surface area contributed by atoms with Gasteiger partial charge < -0.3 is 4.42 Å². The lowest BCUT2D eigenvalue weighted by atomic mass is 10.0. The first kappa shape index (κ1) is 16.1. The predicted octanol–water partition coefficient (Wildman–Crippen LogP) is 3.90.